The molecule has 2 amide bonds. The molecule has 0 spiro atoms. The first kappa shape index (κ1) is 29.4. The van der Waals surface area contributed by atoms with E-state index in [9.17, 15) is 22.4 Å². The van der Waals surface area contributed by atoms with Crippen molar-refractivity contribution in [2.45, 2.75) is 38.3 Å². The van der Waals surface area contributed by atoms with E-state index in [0.29, 0.717) is 6.54 Å². The highest BCUT2D eigenvalue weighted by atomic mass is 35.5. The van der Waals surface area contributed by atoms with Crippen LogP contribution in [0.15, 0.2) is 71.6 Å². The van der Waals surface area contributed by atoms with Gasteiger partial charge in [0.15, 0.2) is 0 Å². The normalized spacial score (nSPS) is 12.1. The SMILES string of the molecule is CCNC(=O)C(C)N(Cc1ccccc1F)C(=O)CN(c1cccc(Cl)c1Cl)S(=O)(=O)c1ccc(C)cc1. The highest BCUT2D eigenvalue weighted by Crippen LogP contribution is 2.35. The summed E-state index contributed by atoms with van der Waals surface area (Å²) in [5.74, 6) is -1.76. The number of hydrogen-bond acceptors (Lipinski definition) is 4. The van der Waals surface area contributed by atoms with Crippen molar-refractivity contribution in [3.63, 3.8) is 0 Å². The Bertz CT molecular complexity index is 1420. The van der Waals surface area contributed by atoms with Gasteiger partial charge in [-0.25, -0.2) is 12.8 Å². The molecule has 0 radical (unpaired) electrons. The van der Waals surface area contributed by atoms with Crippen molar-refractivity contribution in [1.82, 2.24) is 10.2 Å². The maximum absolute atomic E-state index is 14.5. The summed E-state index contributed by atoms with van der Waals surface area (Å²) in [5.41, 5.74) is 1.01. The first-order chi connectivity index (χ1) is 18.0. The van der Waals surface area contributed by atoms with Gasteiger partial charge in [0.1, 0.15) is 18.4 Å². The molecule has 7 nitrogen and oxygen atoms in total. The molecule has 1 unspecified atom stereocenters. The molecule has 0 saturated heterocycles. The number of anilines is 1. The van der Waals surface area contributed by atoms with Crippen LogP contribution >= 0.6 is 23.2 Å². The second-order valence-electron chi connectivity index (χ2n) is 8.58. The van der Waals surface area contributed by atoms with Crippen LogP contribution in [0.1, 0.15) is 25.0 Å². The number of nitrogens with one attached hydrogen (secondary N) is 1. The molecule has 0 bridgehead atoms. The minimum atomic E-state index is -4.31. The van der Waals surface area contributed by atoms with Gasteiger partial charge < -0.3 is 10.2 Å². The summed E-state index contributed by atoms with van der Waals surface area (Å²) in [6, 6.07) is 15.4. The number of amides is 2. The highest BCUT2D eigenvalue weighted by molar-refractivity contribution is 7.92. The summed E-state index contributed by atoms with van der Waals surface area (Å²) in [4.78, 5) is 27.5. The fraction of sp³-hybridized carbons (Fsp3) is 0.259. The molecule has 3 aromatic rings. The van der Waals surface area contributed by atoms with Gasteiger partial charge in [0.05, 0.1) is 20.6 Å². The monoisotopic (exact) mass is 579 g/mol. The molecular formula is C27H28Cl2FN3O4S. The maximum Gasteiger partial charge on any atom is 0.264 e. The first-order valence-corrected chi connectivity index (χ1v) is 14.0. The summed E-state index contributed by atoms with van der Waals surface area (Å²) in [6.45, 7) is 4.38. The number of carbonyl (C=O) groups is 2. The molecule has 11 heteroatoms. The Morgan fingerprint density at radius 2 is 1.66 bits per heavy atom. The van der Waals surface area contributed by atoms with E-state index >= 15 is 0 Å². The number of aryl methyl sites for hydroxylation is 1. The lowest BCUT2D eigenvalue weighted by Gasteiger charge is -2.32. The van der Waals surface area contributed by atoms with Crippen LogP contribution in [0.4, 0.5) is 10.1 Å². The van der Waals surface area contributed by atoms with Gasteiger partial charge in [0.25, 0.3) is 10.0 Å². The van der Waals surface area contributed by atoms with Gasteiger partial charge in [-0.15, -0.1) is 0 Å². The molecule has 1 atom stereocenters. The van der Waals surface area contributed by atoms with E-state index < -0.39 is 40.2 Å². The van der Waals surface area contributed by atoms with Gasteiger partial charge in [-0.05, 0) is 51.1 Å². The molecule has 0 aromatic heterocycles. The lowest BCUT2D eigenvalue weighted by atomic mass is 10.1. The van der Waals surface area contributed by atoms with Crippen LogP contribution < -0.4 is 9.62 Å². The highest BCUT2D eigenvalue weighted by Gasteiger charge is 2.33. The summed E-state index contributed by atoms with van der Waals surface area (Å²) in [5, 5.41) is 2.68. The molecule has 0 fully saturated rings. The van der Waals surface area contributed by atoms with Crippen LogP contribution in [0.5, 0.6) is 0 Å². The molecule has 1 N–H and O–H groups in total. The quantitative estimate of drug-likeness (QED) is 0.358. The number of benzene rings is 3. The van der Waals surface area contributed by atoms with Crippen LogP contribution in [-0.4, -0.2) is 44.3 Å². The number of hydrogen-bond donors (Lipinski definition) is 1. The van der Waals surface area contributed by atoms with Gasteiger partial charge in [-0.3, -0.25) is 13.9 Å². The number of carbonyl (C=O) groups excluding carboxylic acids is 2. The number of nitrogens with zero attached hydrogens (tertiary/aromatic N) is 2. The summed E-state index contributed by atoms with van der Waals surface area (Å²) in [6.07, 6.45) is 0. The zero-order valence-corrected chi connectivity index (χ0v) is 23.4. The molecule has 3 aromatic carbocycles. The van der Waals surface area contributed by atoms with Crippen LogP contribution in [-0.2, 0) is 26.2 Å². The maximum atomic E-state index is 14.5. The Morgan fingerprint density at radius 3 is 2.29 bits per heavy atom. The van der Waals surface area contributed by atoms with Crippen molar-refractivity contribution >= 4 is 50.7 Å². The van der Waals surface area contributed by atoms with Gasteiger partial charge in [0, 0.05) is 18.7 Å². The Kier molecular flexibility index (Phi) is 9.76. The number of sulfonamides is 1. The predicted octanol–water partition coefficient (Wildman–Crippen LogP) is 5.19. The Labute approximate surface area is 232 Å². The van der Waals surface area contributed by atoms with Crippen molar-refractivity contribution in [1.29, 1.82) is 0 Å². The Balaban J connectivity index is 2.09. The van der Waals surface area contributed by atoms with Gasteiger partial charge in [-0.2, -0.15) is 0 Å². The molecule has 202 valence electrons. The second-order valence-corrected chi connectivity index (χ2v) is 11.2. The number of likely N-dealkylation sites (N-methyl/N-ethyl adjacent to an activating group) is 1. The Morgan fingerprint density at radius 1 is 1.00 bits per heavy atom. The third-order valence-electron chi connectivity index (χ3n) is 5.90. The standard InChI is InChI=1S/C27H28Cl2FN3O4S/c1-4-31-27(35)19(3)32(16-20-8-5-6-10-23(20)30)25(34)17-33(24-11-7-9-22(28)26(24)29)38(36,37)21-14-12-18(2)13-15-21/h5-15,19H,4,16-17H2,1-3H3,(H,31,35). The van der Waals surface area contributed by atoms with Gasteiger partial charge in [0.2, 0.25) is 11.8 Å². The largest absolute Gasteiger partial charge is 0.355 e. The average molecular weight is 581 g/mol. The lowest BCUT2D eigenvalue weighted by molar-refractivity contribution is -0.139. The van der Waals surface area contributed by atoms with E-state index in [1.54, 1.807) is 25.1 Å². The van der Waals surface area contributed by atoms with Gasteiger partial charge in [-0.1, -0.05) is 65.2 Å². The van der Waals surface area contributed by atoms with Crippen LogP contribution in [0.3, 0.4) is 0 Å². The van der Waals surface area contributed by atoms with E-state index in [2.05, 4.69) is 5.32 Å². The second kappa shape index (κ2) is 12.6. The first-order valence-electron chi connectivity index (χ1n) is 11.8. The minimum Gasteiger partial charge on any atom is -0.355 e. The topological polar surface area (TPSA) is 86.8 Å². The molecule has 0 saturated carbocycles. The summed E-state index contributed by atoms with van der Waals surface area (Å²) < 4.78 is 43.0. The Hall–Kier alpha value is -3.14. The molecule has 0 heterocycles. The van der Waals surface area contributed by atoms with Crippen molar-refractivity contribution in [2.24, 2.45) is 0 Å². The third kappa shape index (κ3) is 6.64. The van der Waals surface area contributed by atoms with Crippen LogP contribution in [0, 0.1) is 12.7 Å². The third-order valence-corrected chi connectivity index (χ3v) is 8.49. The molecular weight excluding hydrogens is 552 g/mol. The van der Waals surface area contributed by atoms with Crippen molar-refractivity contribution in [2.75, 3.05) is 17.4 Å². The minimum absolute atomic E-state index is 0.00963. The molecule has 38 heavy (non-hydrogen) atoms. The van der Waals surface area contributed by atoms with Crippen molar-refractivity contribution < 1.29 is 22.4 Å². The number of rotatable bonds is 10. The van der Waals surface area contributed by atoms with E-state index in [-0.39, 0.29) is 32.7 Å². The lowest BCUT2D eigenvalue weighted by Crippen LogP contribution is -2.51. The fourth-order valence-corrected chi connectivity index (χ4v) is 5.62. The fourth-order valence-electron chi connectivity index (χ4n) is 3.75. The van der Waals surface area contributed by atoms with Crippen molar-refractivity contribution in [3.05, 3.63) is 93.7 Å². The van der Waals surface area contributed by atoms with E-state index in [1.165, 1.54) is 55.5 Å². The zero-order valence-electron chi connectivity index (χ0n) is 21.1. The smallest absolute Gasteiger partial charge is 0.264 e. The summed E-state index contributed by atoms with van der Waals surface area (Å²) in [7, 11) is -4.31. The van der Waals surface area contributed by atoms with Crippen LogP contribution in [0.25, 0.3) is 0 Å². The van der Waals surface area contributed by atoms with E-state index in [0.717, 1.165) is 14.8 Å². The average Bonchev–Trinajstić information content (AvgIpc) is 2.88. The molecule has 3 rings (SSSR count). The zero-order chi connectivity index (χ0) is 28.0. The molecule has 0 aliphatic rings. The predicted molar refractivity (Wildman–Crippen MR) is 147 cm³/mol. The van der Waals surface area contributed by atoms with Gasteiger partial charge >= 0.3 is 0 Å². The van der Waals surface area contributed by atoms with Crippen LogP contribution in [0.2, 0.25) is 10.0 Å². The summed E-state index contributed by atoms with van der Waals surface area (Å²) >= 11 is 12.6. The number of halogens is 3. The van der Waals surface area contributed by atoms with Crippen molar-refractivity contribution in [3.8, 4) is 0 Å². The van der Waals surface area contributed by atoms with E-state index in [1.807, 2.05) is 6.92 Å². The molecule has 0 aliphatic heterocycles. The van der Waals surface area contributed by atoms with E-state index in [4.69, 9.17) is 23.2 Å². The molecule has 0 aliphatic carbocycles.